The number of rotatable bonds is 3. The van der Waals surface area contributed by atoms with Gasteiger partial charge in [0.2, 0.25) is 5.89 Å². The van der Waals surface area contributed by atoms with Gasteiger partial charge in [-0.05, 0) is 12.1 Å². The molecule has 0 aliphatic heterocycles. The van der Waals surface area contributed by atoms with E-state index in [0.717, 1.165) is 0 Å². The fraction of sp³-hybridized carbons (Fsp3) is 0.222. The molecule has 0 fully saturated rings. The zero-order chi connectivity index (χ0) is 10.7. The largest absolute Gasteiger partial charge is 0.396 e. The molecule has 15 heavy (non-hydrogen) atoms. The fourth-order valence-electron chi connectivity index (χ4n) is 1.14. The Morgan fingerprint density at radius 1 is 1.53 bits per heavy atom. The Morgan fingerprint density at radius 2 is 2.40 bits per heavy atom. The standard InChI is InChI=1S/C9H11N5O/c1-6-13-8(14-15-6)5-12-9-7(10)3-2-4-11-9/h2-4H,5,10H2,1H3,(H,11,12). The van der Waals surface area contributed by atoms with Crippen molar-refractivity contribution in [1.29, 1.82) is 0 Å². The van der Waals surface area contributed by atoms with E-state index >= 15 is 0 Å². The van der Waals surface area contributed by atoms with Gasteiger partial charge < -0.3 is 15.6 Å². The van der Waals surface area contributed by atoms with Crippen LogP contribution in [-0.4, -0.2) is 15.1 Å². The van der Waals surface area contributed by atoms with Gasteiger partial charge in [0.05, 0.1) is 12.2 Å². The molecular weight excluding hydrogens is 194 g/mol. The molecular formula is C9H11N5O. The second kappa shape index (κ2) is 3.95. The van der Waals surface area contributed by atoms with Crippen LogP contribution in [0.15, 0.2) is 22.9 Å². The molecule has 0 spiro atoms. The molecule has 2 heterocycles. The van der Waals surface area contributed by atoms with Crippen LogP contribution in [0.3, 0.4) is 0 Å². The first-order valence-corrected chi connectivity index (χ1v) is 4.49. The average molecular weight is 205 g/mol. The lowest BCUT2D eigenvalue weighted by Gasteiger charge is -2.04. The van der Waals surface area contributed by atoms with E-state index in [1.807, 2.05) is 0 Å². The summed E-state index contributed by atoms with van der Waals surface area (Å²) in [6, 6.07) is 3.55. The first-order chi connectivity index (χ1) is 7.25. The van der Waals surface area contributed by atoms with E-state index in [2.05, 4.69) is 20.4 Å². The Labute approximate surface area is 86.5 Å². The number of aryl methyl sites for hydroxylation is 1. The number of nitrogens with two attached hydrogens (primary N) is 1. The van der Waals surface area contributed by atoms with Gasteiger partial charge in [0.25, 0.3) is 0 Å². The van der Waals surface area contributed by atoms with Crippen LogP contribution >= 0.6 is 0 Å². The number of pyridine rings is 1. The van der Waals surface area contributed by atoms with Crippen molar-refractivity contribution < 1.29 is 4.52 Å². The van der Waals surface area contributed by atoms with E-state index in [1.54, 1.807) is 25.3 Å². The summed E-state index contributed by atoms with van der Waals surface area (Å²) in [4.78, 5) is 8.12. The summed E-state index contributed by atoms with van der Waals surface area (Å²) in [5, 5.41) is 6.76. The lowest BCUT2D eigenvalue weighted by Crippen LogP contribution is -2.05. The topological polar surface area (TPSA) is 89.9 Å². The predicted octanol–water partition coefficient (Wildman–Crippen LogP) is 0.967. The molecule has 78 valence electrons. The zero-order valence-electron chi connectivity index (χ0n) is 8.27. The van der Waals surface area contributed by atoms with Gasteiger partial charge in [0.1, 0.15) is 5.82 Å². The van der Waals surface area contributed by atoms with Gasteiger partial charge in [-0.25, -0.2) is 4.98 Å². The van der Waals surface area contributed by atoms with Gasteiger partial charge in [-0.3, -0.25) is 0 Å². The number of aromatic nitrogens is 3. The van der Waals surface area contributed by atoms with Crippen LogP contribution < -0.4 is 11.1 Å². The van der Waals surface area contributed by atoms with Gasteiger partial charge in [-0.2, -0.15) is 4.98 Å². The van der Waals surface area contributed by atoms with Crippen LogP contribution in [0.5, 0.6) is 0 Å². The maximum Gasteiger partial charge on any atom is 0.223 e. The molecule has 0 aliphatic rings. The highest BCUT2D eigenvalue weighted by Gasteiger charge is 2.03. The summed E-state index contributed by atoms with van der Waals surface area (Å²) in [6.07, 6.45) is 1.67. The summed E-state index contributed by atoms with van der Waals surface area (Å²) < 4.78 is 4.83. The molecule has 3 N–H and O–H groups in total. The molecule has 0 amide bonds. The summed E-state index contributed by atoms with van der Waals surface area (Å²) in [5.74, 6) is 1.75. The number of nitrogens with zero attached hydrogens (tertiary/aromatic N) is 3. The smallest absolute Gasteiger partial charge is 0.223 e. The Bertz CT molecular complexity index is 453. The summed E-state index contributed by atoms with van der Waals surface area (Å²) in [7, 11) is 0. The van der Waals surface area contributed by atoms with Crippen LogP contribution in [0, 0.1) is 6.92 Å². The van der Waals surface area contributed by atoms with Crippen molar-refractivity contribution in [2.45, 2.75) is 13.5 Å². The number of hydrogen-bond donors (Lipinski definition) is 2. The summed E-state index contributed by atoms with van der Waals surface area (Å²) >= 11 is 0. The van der Waals surface area contributed by atoms with E-state index in [4.69, 9.17) is 10.3 Å². The van der Waals surface area contributed by atoms with Crippen LogP contribution in [0.4, 0.5) is 11.5 Å². The molecule has 0 aliphatic carbocycles. The first kappa shape index (κ1) is 9.45. The zero-order valence-corrected chi connectivity index (χ0v) is 8.27. The van der Waals surface area contributed by atoms with Crippen LogP contribution in [0.1, 0.15) is 11.7 Å². The predicted molar refractivity (Wildman–Crippen MR) is 55.0 cm³/mol. The average Bonchev–Trinajstić information content (AvgIpc) is 2.63. The SMILES string of the molecule is Cc1nc(CNc2ncccc2N)no1. The lowest BCUT2D eigenvalue weighted by atomic mass is 10.4. The Hall–Kier alpha value is -2.11. The van der Waals surface area contributed by atoms with Crippen molar-refractivity contribution in [1.82, 2.24) is 15.1 Å². The van der Waals surface area contributed by atoms with Gasteiger partial charge in [-0.15, -0.1) is 0 Å². The van der Waals surface area contributed by atoms with E-state index < -0.39 is 0 Å². The quantitative estimate of drug-likeness (QED) is 0.775. The van der Waals surface area contributed by atoms with E-state index in [0.29, 0.717) is 29.8 Å². The van der Waals surface area contributed by atoms with Crippen molar-refractivity contribution in [2.75, 3.05) is 11.1 Å². The molecule has 0 saturated carbocycles. The van der Waals surface area contributed by atoms with Crippen molar-refractivity contribution in [3.8, 4) is 0 Å². The Morgan fingerprint density at radius 3 is 3.07 bits per heavy atom. The Balaban J connectivity index is 2.02. The molecule has 0 saturated heterocycles. The Kier molecular flexibility index (Phi) is 2.49. The van der Waals surface area contributed by atoms with Crippen molar-refractivity contribution in [3.63, 3.8) is 0 Å². The van der Waals surface area contributed by atoms with Gasteiger partial charge in [0.15, 0.2) is 5.82 Å². The molecule has 6 heteroatoms. The number of anilines is 2. The van der Waals surface area contributed by atoms with Gasteiger partial charge in [-0.1, -0.05) is 5.16 Å². The number of nitrogen functional groups attached to an aromatic ring is 1. The molecule has 2 rings (SSSR count). The minimum atomic E-state index is 0.443. The van der Waals surface area contributed by atoms with Crippen molar-refractivity contribution in [3.05, 3.63) is 30.0 Å². The maximum atomic E-state index is 5.70. The third-order valence-electron chi connectivity index (χ3n) is 1.82. The highest BCUT2D eigenvalue weighted by atomic mass is 16.5. The van der Waals surface area contributed by atoms with Gasteiger partial charge in [0, 0.05) is 13.1 Å². The third kappa shape index (κ3) is 2.22. The van der Waals surface area contributed by atoms with Gasteiger partial charge >= 0.3 is 0 Å². The van der Waals surface area contributed by atoms with E-state index in [-0.39, 0.29) is 0 Å². The lowest BCUT2D eigenvalue weighted by molar-refractivity contribution is 0.388. The molecule has 0 unspecified atom stereocenters. The van der Waals surface area contributed by atoms with Crippen molar-refractivity contribution >= 4 is 11.5 Å². The molecule has 2 aromatic heterocycles. The van der Waals surface area contributed by atoms with E-state index in [9.17, 15) is 0 Å². The minimum absolute atomic E-state index is 0.443. The minimum Gasteiger partial charge on any atom is -0.396 e. The molecule has 6 nitrogen and oxygen atoms in total. The van der Waals surface area contributed by atoms with E-state index in [1.165, 1.54) is 0 Å². The summed E-state index contributed by atoms with van der Waals surface area (Å²) in [5.41, 5.74) is 6.30. The molecule has 2 aromatic rings. The normalized spacial score (nSPS) is 10.2. The number of hydrogen-bond acceptors (Lipinski definition) is 6. The second-order valence-electron chi connectivity index (χ2n) is 3.02. The molecule has 0 radical (unpaired) electrons. The summed E-state index contributed by atoms with van der Waals surface area (Å²) in [6.45, 7) is 2.18. The fourth-order valence-corrected chi connectivity index (χ4v) is 1.14. The highest BCUT2D eigenvalue weighted by Crippen LogP contribution is 2.13. The molecule has 0 atom stereocenters. The molecule has 0 aromatic carbocycles. The second-order valence-corrected chi connectivity index (χ2v) is 3.02. The van der Waals surface area contributed by atoms with Crippen LogP contribution in [0.25, 0.3) is 0 Å². The molecule has 0 bridgehead atoms. The van der Waals surface area contributed by atoms with Crippen LogP contribution in [0.2, 0.25) is 0 Å². The third-order valence-corrected chi connectivity index (χ3v) is 1.82. The van der Waals surface area contributed by atoms with Crippen molar-refractivity contribution in [2.24, 2.45) is 0 Å². The highest BCUT2D eigenvalue weighted by molar-refractivity contribution is 5.60. The maximum absolute atomic E-state index is 5.70. The van der Waals surface area contributed by atoms with Crippen LogP contribution in [-0.2, 0) is 6.54 Å². The number of nitrogens with one attached hydrogen (secondary N) is 1. The monoisotopic (exact) mass is 205 g/mol. The first-order valence-electron chi connectivity index (χ1n) is 4.49.